The van der Waals surface area contributed by atoms with Gasteiger partial charge in [0.05, 0.1) is 0 Å². The first-order valence-corrected chi connectivity index (χ1v) is 12.9. The van der Waals surface area contributed by atoms with Crippen molar-refractivity contribution < 1.29 is 14.6 Å². The fourth-order valence-electron chi connectivity index (χ4n) is 3.99. The number of nitrogens with one attached hydrogen (secondary N) is 1. The van der Waals surface area contributed by atoms with Crippen LogP contribution in [0.25, 0.3) is 0 Å². The predicted molar refractivity (Wildman–Crippen MR) is 147 cm³/mol. The smallest absolute Gasteiger partial charge is 0.127 e. The van der Waals surface area contributed by atoms with Crippen molar-refractivity contribution >= 4 is 0 Å². The van der Waals surface area contributed by atoms with E-state index in [0.29, 0.717) is 6.61 Å². The van der Waals surface area contributed by atoms with Crippen LogP contribution in [-0.4, -0.2) is 30.4 Å². The summed E-state index contributed by atoms with van der Waals surface area (Å²) in [5.74, 6) is 2.15. The van der Waals surface area contributed by atoms with E-state index >= 15 is 0 Å². The summed E-state index contributed by atoms with van der Waals surface area (Å²) in [6, 6.07) is 25.8. The fraction of sp³-hybridized carbons (Fsp3) is 0.419. The van der Waals surface area contributed by atoms with Crippen molar-refractivity contribution in [3.05, 3.63) is 90.0 Å². The Hall–Kier alpha value is -2.98. The van der Waals surface area contributed by atoms with Crippen LogP contribution in [-0.2, 0) is 0 Å². The predicted octanol–water partition coefficient (Wildman–Crippen LogP) is 7.57. The normalized spacial score (nSPS) is 15.3. The van der Waals surface area contributed by atoms with E-state index in [1.54, 1.807) is 12.1 Å². The van der Waals surface area contributed by atoms with Gasteiger partial charge in [0, 0.05) is 24.1 Å². The number of benzene rings is 3. The molecule has 0 bridgehead atoms. The summed E-state index contributed by atoms with van der Waals surface area (Å²) in [6.07, 6.45) is 3.31. The molecule has 1 aliphatic rings. The van der Waals surface area contributed by atoms with Gasteiger partial charge in [0.1, 0.15) is 29.5 Å². The maximum Gasteiger partial charge on any atom is 0.127 e. The lowest BCUT2D eigenvalue weighted by atomic mass is 9.80. The van der Waals surface area contributed by atoms with Crippen molar-refractivity contribution in [2.45, 2.75) is 65.4 Å². The topological polar surface area (TPSA) is 50.7 Å². The van der Waals surface area contributed by atoms with Crippen molar-refractivity contribution in [2.24, 2.45) is 0 Å². The molecule has 0 radical (unpaired) electrons. The number of aromatic hydroxyl groups is 1. The zero-order valence-corrected chi connectivity index (χ0v) is 22.1. The third-order valence-corrected chi connectivity index (χ3v) is 5.66. The van der Waals surface area contributed by atoms with Crippen LogP contribution in [0.2, 0.25) is 0 Å². The quantitative estimate of drug-likeness (QED) is 0.329. The Morgan fingerprint density at radius 1 is 0.943 bits per heavy atom. The lowest BCUT2D eigenvalue weighted by Crippen LogP contribution is -2.35. The largest absolute Gasteiger partial charge is 0.508 e. The number of fused-ring (bicyclic) bond motifs is 1. The summed E-state index contributed by atoms with van der Waals surface area (Å²) >= 11 is 0. The Balaban J connectivity index is 0.000000463. The Bertz CT molecular complexity index is 928. The number of phenols is 1. The molecule has 35 heavy (non-hydrogen) atoms. The van der Waals surface area contributed by atoms with Crippen LogP contribution in [0.3, 0.4) is 0 Å². The number of unbranched alkanes of at least 4 members (excludes halogenated alkanes) is 1. The van der Waals surface area contributed by atoms with Gasteiger partial charge in [0.25, 0.3) is 0 Å². The molecule has 4 rings (SSSR count). The molecule has 0 saturated heterocycles. The zero-order chi connectivity index (χ0) is 25.5. The minimum Gasteiger partial charge on any atom is -0.508 e. The summed E-state index contributed by atoms with van der Waals surface area (Å²) in [6.45, 7) is 13.0. The molecule has 4 nitrogen and oxygen atoms in total. The molecule has 1 aliphatic heterocycles. The lowest BCUT2D eigenvalue weighted by molar-refractivity contribution is 0.0771. The third kappa shape index (κ3) is 9.65. The van der Waals surface area contributed by atoms with E-state index in [0.717, 1.165) is 36.6 Å². The van der Waals surface area contributed by atoms with E-state index in [-0.39, 0.29) is 17.3 Å². The molecule has 0 aromatic heterocycles. The van der Waals surface area contributed by atoms with Crippen LogP contribution < -0.4 is 14.8 Å². The van der Waals surface area contributed by atoms with Gasteiger partial charge in [0.15, 0.2) is 0 Å². The van der Waals surface area contributed by atoms with Crippen molar-refractivity contribution in [3.63, 3.8) is 0 Å². The zero-order valence-electron chi connectivity index (χ0n) is 22.1. The number of hydrogen-bond acceptors (Lipinski definition) is 4. The van der Waals surface area contributed by atoms with Crippen LogP contribution in [0.1, 0.15) is 70.9 Å². The molecule has 2 N–H and O–H groups in total. The molecule has 0 fully saturated rings. The highest BCUT2D eigenvalue weighted by molar-refractivity contribution is 5.48. The van der Waals surface area contributed by atoms with Gasteiger partial charge in [-0.15, -0.1) is 0 Å². The molecule has 3 aromatic rings. The summed E-state index contributed by atoms with van der Waals surface area (Å²) in [5, 5.41) is 13.2. The number of ether oxygens (including phenoxy) is 2. The van der Waals surface area contributed by atoms with Gasteiger partial charge in [-0.05, 0) is 57.0 Å². The molecule has 0 saturated carbocycles. The Kier molecular flexibility index (Phi) is 12.2. The van der Waals surface area contributed by atoms with E-state index in [1.807, 2.05) is 68.4 Å². The average molecular weight is 478 g/mol. The van der Waals surface area contributed by atoms with E-state index in [4.69, 9.17) is 9.47 Å². The molecule has 1 atom stereocenters. The first kappa shape index (κ1) is 28.3. The third-order valence-electron chi connectivity index (χ3n) is 5.66. The van der Waals surface area contributed by atoms with Gasteiger partial charge >= 0.3 is 0 Å². The second-order valence-electron chi connectivity index (χ2n) is 9.02. The summed E-state index contributed by atoms with van der Waals surface area (Å²) in [5.41, 5.74) is 2.10. The van der Waals surface area contributed by atoms with Crippen LogP contribution in [0, 0.1) is 0 Å². The molecule has 4 heteroatoms. The highest BCUT2D eigenvalue weighted by Crippen LogP contribution is 2.45. The van der Waals surface area contributed by atoms with Crippen LogP contribution in [0.15, 0.2) is 78.9 Å². The highest BCUT2D eigenvalue weighted by atomic mass is 16.5. The van der Waals surface area contributed by atoms with Crippen molar-refractivity contribution in [2.75, 3.05) is 19.7 Å². The molecular formula is C31H43NO3. The van der Waals surface area contributed by atoms with Gasteiger partial charge in [-0.1, -0.05) is 81.8 Å². The summed E-state index contributed by atoms with van der Waals surface area (Å²) < 4.78 is 11.9. The molecule has 190 valence electrons. The van der Waals surface area contributed by atoms with Gasteiger partial charge in [-0.2, -0.15) is 0 Å². The first-order valence-electron chi connectivity index (χ1n) is 12.9. The van der Waals surface area contributed by atoms with Crippen molar-refractivity contribution in [1.29, 1.82) is 0 Å². The molecule has 0 spiro atoms. The second-order valence-corrected chi connectivity index (χ2v) is 9.02. The Labute approximate surface area is 212 Å². The fourth-order valence-corrected chi connectivity index (χ4v) is 3.99. The van der Waals surface area contributed by atoms with Gasteiger partial charge in [0.2, 0.25) is 0 Å². The molecular weight excluding hydrogens is 434 g/mol. The van der Waals surface area contributed by atoms with E-state index in [2.05, 4.69) is 38.2 Å². The number of rotatable bonds is 8. The second kappa shape index (κ2) is 15.1. The Morgan fingerprint density at radius 3 is 2.17 bits per heavy atom. The maximum atomic E-state index is 9.80. The van der Waals surface area contributed by atoms with Crippen molar-refractivity contribution in [3.8, 4) is 17.2 Å². The standard InChI is InChI=1S/C23H31NO3.C6H6.C2H6/c1-4-5-12-24-13-14-26-19-9-6-17(7-10-19)21-16-23(2,3)27-22-15-18(25)8-11-20(21)22;1-2-4-6-5-3-1;1-2/h6-11,15,21,24-25H,4-5,12-14,16H2,1-3H3;1-6H;1-2H3/t21-;;/m1../s1. The van der Waals surface area contributed by atoms with Gasteiger partial charge < -0.3 is 19.9 Å². The minimum atomic E-state index is -0.273. The monoisotopic (exact) mass is 477 g/mol. The van der Waals surface area contributed by atoms with E-state index in [1.165, 1.54) is 18.4 Å². The number of hydrogen-bond donors (Lipinski definition) is 2. The Morgan fingerprint density at radius 2 is 1.57 bits per heavy atom. The van der Waals surface area contributed by atoms with Gasteiger partial charge in [-0.3, -0.25) is 0 Å². The maximum absolute atomic E-state index is 9.80. The first-order chi connectivity index (χ1) is 17.0. The number of phenolic OH excluding ortho intramolecular Hbond substituents is 1. The highest BCUT2D eigenvalue weighted by Gasteiger charge is 2.34. The van der Waals surface area contributed by atoms with Crippen LogP contribution in [0.5, 0.6) is 17.2 Å². The summed E-state index contributed by atoms with van der Waals surface area (Å²) in [4.78, 5) is 0. The minimum absolute atomic E-state index is 0.237. The van der Waals surface area contributed by atoms with Crippen molar-refractivity contribution in [1.82, 2.24) is 5.32 Å². The molecule has 3 aromatic carbocycles. The molecule has 0 amide bonds. The molecule has 0 aliphatic carbocycles. The van der Waals surface area contributed by atoms with Crippen LogP contribution in [0.4, 0.5) is 0 Å². The molecule has 1 heterocycles. The van der Waals surface area contributed by atoms with E-state index in [9.17, 15) is 5.11 Å². The average Bonchev–Trinajstić information content (AvgIpc) is 2.88. The van der Waals surface area contributed by atoms with E-state index < -0.39 is 0 Å². The van der Waals surface area contributed by atoms with Gasteiger partial charge in [-0.25, -0.2) is 0 Å². The SMILES string of the molecule is CC.CCCCNCCOc1ccc([C@H]2CC(C)(C)Oc3cc(O)ccc32)cc1.c1ccccc1. The molecule has 0 unspecified atom stereocenters. The lowest BCUT2D eigenvalue weighted by Gasteiger charge is -2.38. The van der Waals surface area contributed by atoms with Crippen LogP contribution >= 0.6 is 0 Å². The summed E-state index contributed by atoms with van der Waals surface area (Å²) in [7, 11) is 0.